The summed E-state index contributed by atoms with van der Waals surface area (Å²) in [5.41, 5.74) is 1.88. The zero-order valence-corrected chi connectivity index (χ0v) is 12.3. The van der Waals surface area contributed by atoms with Crippen LogP contribution in [0.3, 0.4) is 0 Å². The fourth-order valence-corrected chi connectivity index (χ4v) is 2.63. The monoisotopic (exact) mass is 328 g/mol. The lowest BCUT2D eigenvalue weighted by Gasteiger charge is -2.12. The molecule has 3 nitrogen and oxygen atoms in total. The van der Waals surface area contributed by atoms with Crippen LogP contribution >= 0.6 is 27.5 Å². The van der Waals surface area contributed by atoms with Gasteiger partial charge in [-0.3, -0.25) is 4.68 Å². The summed E-state index contributed by atoms with van der Waals surface area (Å²) in [7, 11) is 1.88. The molecule has 0 saturated heterocycles. The normalized spacial score (nSPS) is 12.7. The minimum absolute atomic E-state index is 0.550. The van der Waals surface area contributed by atoms with Crippen LogP contribution in [0.2, 0.25) is 5.02 Å². The van der Waals surface area contributed by atoms with Crippen LogP contribution in [0.1, 0.15) is 23.7 Å². The average Bonchev–Trinajstić information content (AvgIpc) is 2.72. The SMILES string of the molecule is Cn1cc(CCC(O)c2ccc(Br)cc2Cl)cn1. The van der Waals surface area contributed by atoms with Gasteiger partial charge in [-0.1, -0.05) is 33.6 Å². The number of aryl methyl sites for hydroxylation is 2. The third kappa shape index (κ3) is 3.34. The number of halogens is 2. The molecule has 1 atom stereocenters. The van der Waals surface area contributed by atoms with E-state index in [1.807, 2.05) is 31.6 Å². The molecule has 1 heterocycles. The van der Waals surface area contributed by atoms with Gasteiger partial charge in [-0.05, 0) is 36.1 Å². The molecule has 0 saturated carbocycles. The van der Waals surface area contributed by atoms with Gasteiger partial charge in [-0.15, -0.1) is 0 Å². The number of hydrogen-bond acceptors (Lipinski definition) is 2. The molecule has 0 spiro atoms. The van der Waals surface area contributed by atoms with Crippen molar-refractivity contribution in [1.82, 2.24) is 9.78 Å². The third-order valence-corrected chi connectivity index (χ3v) is 3.61. The van der Waals surface area contributed by atoms with Crippen molar-refractivity contribution >= 4 is 27.5 Å². The number of benzene rings is 1. The second-order valence-electron chi connectivity index (χ2n) is 4.24. The van der Waals surface area contributed by atoms with Gasteiger partial charge in [0.1, 0.15) is 0 Å². The Morgan fingerprint density at radius 2 is 2.28 bits per heavy atom. The molecular weight excluding hydrogens is 316 g/mol. The molecular formula is C13H14BrClN2O. The smallest absolute Gasteiger partial charge is 0.0807 e. The van der Waals surface area contributed by atoms with Gasteiger partial charge in [0.15, 0.2) is 0 Å². The number of aliphatic hydroxyl groups is 1. The molecule has 1 N–H and O–H groups in total. The first kappa shape index (κ1) is 13.6. The molecule has 2 aromatic rings. The van der Waals surface area contributed by atoms with E-state index in [1.54, 1.807) is 10.7 Å². The predicted octanol–water partition coefficient (Wildman–Crippen LogP) is 3.50. The summed E-state index contributed by atoms with van der Waals surface area (Å²) in [6, 6.07) is 5.53. The first-order chi connectivity index (χ1) is 8.56. The molecule has 0 aliphatic heterocycles. The molecule has 1 aromatic heterocycles. The van der Waals surface area contributed by atoms with Gasteiger partial charge in [-0.2, -0.15) is 5.10 Å². The molecule has 1 aromatic carbocycles. The molecule has 0 aliphatic carbocycles. The van der Waals surface area contributed by atoms with Crippen molar-refractivity contribution in [1.29, 1.82) is 0 Å². The number of aliphatic hydroxyl groups excluding tert-OH is 1. The summed E-state index contributed by atoms with van der Waals surface area (Å²) >= 11 is 9.45. The molecule has 0 radical (unpaired) electrons. The zero-order chi connectivity index (χ0) is 13.1. The highest BCUT2D eigenvalue weighted by molar-refractivity contribution is 9.10. The van der Waals surface area contributed by atoms with E-state index in [0.29, 0.717) is 11.4 Å². The van der Waals surface area contributed by atoms with Crippen molar-refractivity contribution in [2.75, 3.05) is 0 Å². The van der Waals surface area contributed by atoms with Gasteiger partial charge in [0.2, 0.25) is 0 Å². The standard InChI is InChI=1S/C13H14BrClN2O/c1-17-8-9(7-16-17)2-5-13(18)11-4-3-10(14)6-12(11)15/h3-4,6-8,13,18H,2,5H2,1H3. The molecule has 18 heavy (non-hydrogen) atoms. The Kier molecular flexibility index (Phi) is 4.43. The highest BCUT2D eigenvalue weighted by Crippen LogP contribution is 2.28. The summed E-state index contributed by atoms with van der Waals surface area (Å²) < 4.78 is 2.67. The Hall–Kier alpha value is -0.840. The number of nitrogens with zero attached hydrogens (tertiary/aromatic N) is 2. The molecule has 2 rings (SSSR count). The van der Waals surface area contributed by atoms with Crippen LogP contribution in [0.25, 0.3) is 0 Å². The van der Waals surface area contributed by atoms with Crippen LogP contribution in [0.4, 0.5) is 0 Å². The largest absolute Gasteiger partial charge is 0.388 e. The Morgan fingerprint density at radius 3 is 2.89 bits per heavy atom. The summed E-state index contributed by atoms with van der Waals surface area (Å²) in [5, 5.41) is 14.8. The molecule has 0 fully saturated rings. The molecule has 0 amide bonds. The van der Waals surface area contributed by atoms with Gasteiger partial charge in [0.25, 0.3) is 0 Å². The van der Waals surface area contributed by atoms with E-state index in [1.165, 1.54) is 0 Å². The summed E-state index contributed by atoms with van der Waals surface area (Å²) in [6.07, 6.45) is 4.63. The second-order valence-corrected chi connectivity index (χ2v) is 5.57. The fourth-order valence-electron chi connectivity index (χ4n) is 1.83. The van der Waals surface area contributed by atoms with E-state index >= 15 is 0 Å². The number of aromatic nitrogens is 2. The van der Waals surface area contributed by atoms with Crippen LogP contribution in [0, 0.1) is 0 Å². The fraction of sp³-hybridized carbons (Fsp3) is 0.308. The van der Waals surface area contributed by atoms with Crippen molar-refractivity contribution in [3.63, 3.8) is 0 Å². The molecule has 5 heteroatoms. The summed E-state index contributed by atoms with van der Waals surface area (Å²) in [6.45, 7) is 0. The van der Waals surface area contributed by atoms with Crippen LogP contribution < -0.4 is 0 Å². The highest BCUT2D eigenvalue weighted by atomic mass is 79.9. The van der Waals surface area contributed by atoms with E-state index in [2.05, 4.69) is 21.0 Å². The zero-order valence-electron chi connectivity index (χ0n) is 9.98. The topological polar surface area (TPSA) is 38.0 Å². The first-order valence-corrected chi connectivity index (χ1v) is 6.84. The number of hydrogen-bond donors (Lipinski definition) is 1. The Labute approximate surface area is 120 Å². The van der Waals surface area contributed by atoms with Crippen molar-refractivity contribution in [3.05, 3.63) is 51.2 Å². The van der Waals surface area contributed by atoms with Crippen LogP contribution in [-0.4, -0.2) is 14.9 Å². The molecule has 0 aliphatic rings. The first-order valence-electron chi connectivity index (χ1n) is 5.67. The highest BCUT2D eigenvalue weighted by Gasteiger charge is 2.12. The molecule has 96 valence electrons. The minimum Gasteiger partial charge on any atom is -0.388 e. The van der Waals surface area contributed by atoms with Crippen molar-refractivity contribution in [2.45, 2.75) is 18.9 Å². The van der Waals surface area contributed by atoms with E-state index in [0.717, 1.165) is 22.0 Å². The van der Waals surface area contributed by atoms with Crippen LogP contribution in [0.15, 0.2) is 35.1 Å². The van der Waals surface area contributed by atoms with Crippen molar-refractivity contribution in [3.8, 4) is 0 Å². The van der Waals surface area contributed by atoms with E-state index < -0.39 is 6.10 Å². The van der Waals surface area contributed by atoms with Gasteiger partial charge in [-0.25, -0.2) is 0 Å². The Morgan fingerprint density at radius 1 is 1.50 bits per heavy atom. The maximum atomic E-state index is 10.1. The van der Waals surface area contributed by atoms with Gasteiger partial charge >= 0.3 is 0 Å². The summed E-state index contributed by atoms with van der Waals surface area (Å²) in [5.74, 6) is 0. The van der Waals surface area contributed by atoms with Crippen molar-refractivity contribution in [2.24, 2.45) is 7.05 Å². The minimum atomic E-state index is -0.550. The van der Waals surface area contributed by atoms with Gasteiger partial charge in [0.05, 0.1) is 12.3 Å². The molecule has 0 bridgehead atoms. The van der Waals surface area contributed by atoms with E-state index in [9.17, 15) is 5.11 Å². The summed E-state index contributed by atoms with van der Waals surface area (Å²) in [4.78, 5) is 0. The number of rotatable bonds is 4. The third-order valence-electron chi connectivity index (χ3n) is 2.79. The Balaban J connectivity index is 2.01. The Bertz CT molecular complexity index is 542. The quantitative estimate of drug-likeness (QED) is 0.932. The maximum Gasteiger partial charge on any atom is 0.0807 e. The van der Waals surface area contributed by atoms with Gasteiger partial charge < -0.3 is 5.11 Å². The van der Waals surface area contributed by atoms with Crippen LogP contribution in [0.5, 0.6) is 0 Å². The van der Waals surface area contributed by atoms with E-state index in [-0.39, 0.29) is 0 Å². The lowest BCUT2D eigenvalue weighted by molar-refractivity contribution is 0.168. The molecule has 1 unspecified atom stereocenters. The van der Waals surface area contributed by atoms with E-state index in [4.69, 9.17) is 11.6 Å². The average molecular weight is 330 g/mol. The maximum absolute atomic E-state index is 10.1. The second kappa shape index (κ2) is 5.87. The lowest BCUT2D eigenvalue weighted by atomic mass is 10.0. The van der Waals surface area contributed by atoms with Gasteiger partial charge in [0, 0.05) is 22.7 Å². The lowest BCUT2D eigenvalue weighted by Crippen LogP contribution is -2.00. The van der Waals surface area contributed by atoms with Crippen molar-refractivity contribution < 1.29 is 5.11 Å². The van der Waals surface area contributed by atoms with Crippen LogP contribution in [-0.2, 0) is 13.5 Å². The predicted molar refractivity (Wildman–Crippen MR) is 75.6 cm³/mol.